The van der Waals surface area contributed by atoms with Crippen molar-refractivity contribution in [2.45, 2.75) is 38.5 Å². The predicted octanol–water partition coefficient (Wildman–Crippen LogP) is 3.43. The molecule has 26 heavy (non-hydrogen) atoms. The summed E-state index contributed by atoms with van der Waals surface area (Å²) >= 11 is 0. The summed E-state index contributed by atoms with van der Waals surface area (Å²) in [7, 11) is 1.79. The summed E-state index contributed by atoms with van der Waals surface area (Å²) < 4.78 is 7.74. The highest BCUT2D eigenvalue weighted by Crippen LogP contribution is 2.38. The molecule has 0 amide bonds. The molecule has 6 heteroatoms. The van der Waals surface area contributed by atoms with Crippen LogP contribution in [0, 0.1) is 6.92 Å². The normalized spacial score (nSPS) is 22.0. The third-order valence-electron chi connectivity index (χ3n) is 5.45. The number of nitrogens with zero attached hydrogens (tertiary/aromatic N) is 4. The van der Waals surface area contributed by atoms with E-state index in [4.69, 9.17) is 4.74 Å². The van der Waals surface area contributed by atoms with Crippen LogP contribution >= 0.6 is 0 Å². The van der Waals surface area contributed by atoms with E-state index in [0.717, 1.165) is 30.3 Å². The Morgan fingerprint density at radius 2 is 2.00 bits per heavy atom. The number of ether oxygens (including phenoxy) is 1. The van der Waals surface area contributed by atoms with Crippen LogP contribution in [-0.2, 0) is 4.74 Å². The lowest BCUT2D eigenvalue weighted by Crippen LogP contribution is -2.28. The molecule has 0 radical (unpaired) electrons. The van der Waals surface area contributed by atoms with Crippen LogP contribution in [0.2, 0.25) is 0 Å². The smallest absolute Gasteiger partial charge is 0.123 e. The van der Waals surface area contributed by atoms with Gasteiger partial charge in [0.25, 0.3) is 0 Å². The van der Waals surface area contributed by atoms with E-state index in [0.29, 0.717) is 0 Å². The Hall–Kier alpha value is -2.44. The van der Waals surface area contributed by atoms with E-state index >= 15 is 0 Å². The molecule has 3 heterocycles. The molecule has 6 nitrogen and oxygen atoms in total. The van der Waals surface area contributed by atoms with Gasteiger partial charge in [0.2, 0.25) is 0 Å². The molecule has 1 fully saturated rings. The number of methoxy groups -OCH3 is 1. The number of likely N-dealkylation sites (tertiary alicyclic amines) is 1. The van der Waals surface area contributed by atoms with Crippen molar-refractivity contribution in [1.82, 2.24) is 24.4 Å². The standard InChI is InChI=1S/C20H25N5O/c1-14(16-4-6-17(7-5-16)24-11-10-21-15(24)2)25-13-18(26-3)12-19(25)20-22-8-9-23-20/h4-11,14,18-19H,12-13H2,1-3H3,(H,22,23)/t14?,18-,19?/m1/s1. The summed E-state index contributed by atoms with van der Waals surface area (Å²) in [5, 5.41) is 0. The zero-order chi connectivity index (χ0) is 18.1. The highest BCUT2D eigenvalue weighted by molar-refractivity contribution is 5.37. The van der Waals surface area contributed by atoms with Crippen LogP contribution in [0.25, 0.3) is 5.69 Å². The first-order valence-electron chi connectivity index (χ1n) is 9.05. The van der Waals surface area contributed by atoms with Gasteiger partial charge in [0.15, 0.2) is 0 Å². The molecule has 3 aromatic rings. The number of aromatic amines is 1. The summed E-state index contributed by atoms with van der Waals surface area (Å²) in [6.07, 6.45) is 8.72. The molecule has 2 unspecified atom stereocenters. The van der Waals surface area contributed by atoms with Gasteiger partial charge < -0.3 is 14.3 Å². The van der Waals surface area contributed by atoms with Crippen molar-refractivity contribution in [2.75, 3.05) is 13.7 Å². The lowest BCUT2D eigenvalue weighted by molar-refractivity contribution is 0.101. The van der Waals surface area contributed by atoms with E-state index in [2.05, 4.69) is 55.6 Å². The fraction of sp³-hybridized carbons (Fsp3) is 0.400. The fourth-order valence-corrected chi connectivity index (χ4v) is 3.90. The highest BCUT2D eigenvalue weighted by Gasteiger charge is 2.37. The van der Waals surface area contributed by atoms with Crippen molar-refractivity contribution in [3.63, 3.8) is 0 Å². The lowest BCUT2D eigenvalue weighted by atomic mass is 10.0. The SMILES string of the molecule is CO[C@@H]1CC(c2ncc[nH]2)N(C(C)c2ccc(-n3ccnc3C)cc2)C1. The Balaban J connectivity index is 1.57. The molecule has 2 aromatic heterocycles. The summed E-state index contributed by atoms with van der Waals surface area (Å²) in [5.41, 5.74) is 2.43. The van der Waals surface area contributed by atoms with E-state index in [-0.39, 0.29) is 18.2 Å². The Morgan fingerprint density at radius 3 is 2.62 bits per heavy atom. The molecule has 3 atom stereocenters. The molecule has 0 bridgehead atoms. The van der Waals surface area contributed by atoms with Crippen molar-refractivity contribution in [2.24, 2.45) is 0 Å². The van der Waals surface area contributed by atoms with Gasteiger partial charge in [-0.25, -0.2) is 9.97 Å². The second-order valence-electron chi connectivity index (χ2n) is 6.89. The molecular weight excluding hydrogens is 326 g/mol. The first-order valence-corrected chi connectivity index (χ1v) is 9.05. The average molecular weight is 351 g/mol. The molecule has 1 aliphatic rings. The highest BCUT2D eigenvalue weighted by atomic mass is 16.5. The van der Waals surface area contributed by atoms with Gasteiger partial charge in [-0.05, 0) is 38.0 Å². The summed E-state index contributed by atoms with van der Waals surface area (Å²) in [6.45, 7) is 5.18. The van der Waals surface area contributed by atoms with Crippen molar-refractivity contribution in [3.8, 4) is 5.69 Å². The topological polar surface area (TPSA) is 59.0 Å². The van der Waals surface area contributed by atoms with Gasteiger partial charge >= 0.3 is 0 Å². The minimum Gasteiger partial charge on any atom is -0.380 e. The first-order chi connectivity index (χ1) is 12.7. The molecule has 1 aliphatic heterocycles. The zero-order valence-corrected chi connectivity index (χ0v) is 15.5. The molecule has 0 spiro atoms. The third kappa shape index (κ3) is 3.06. The number of benzene rings is 1. The van der Waals surface area contributed by atoms with E-state index < -0.39 is 0 Å². The minimum atomic E-state index is 0.237. The largest absolute Gasteiger partial charge is 0.380 e. The number of hydrogen-bond acceptors (Lipinski definition) is 4. The van der Waals surface area contributed by atoms with Crippen molar-refractivity contribution in [1.29, 1.82) is 0 Å². The molecule has 0 saturated carbocycles. The maximum Gasteiger partial charge on any atom is 0.123 e. The summed E-state index contributed by atoms with van der Waals surface area (Å²) in [6, 6.07) is 9.26. The van der Waals surface area contributed by atoms with Gasteiger partial charge in [-0.3, -0.25) is 4.90 Å². The van der Waals surface area contributed by atoms with Crippen LogP contribution < -0.4 is 0 Å². The van der Waals surface area contributed by atoms with E-state index in [1.165, 1.54) is 5.56 Å². The zero-order valence-electron chi connectivity index (χ0n) is 15.5. The van der Waals surface area contributed by atoms with Crippen LogP contribution in [0.15, 0.2) is 49.1 Å². The monoisotopic (exact) mass is 351 g/mol. The summed E-state index contributed by atoms with van der Waals surface area (Å²) in [4.78, 5) is 14.5. The molecule has 4 rings (SSSR count). The predicted molar refractivity (Wildman–Crippen MR) is 100 cm³/mol. The maximum atomic E-state index is 5.64. The van der Waals surface area contributed by atoms with Crippen LogP contribution in [-0.4, -0.2) is 44.2 Å². The average Bonchev–Trinajstić information content (AvgIpc) is 3.41. The Morgan fingerprint density at radius 1 is 1.19 bits per heavy atom. The number of rotatable bonds is 5. The number of aromatic nitrogens is 4. The van der Waals surface area contributed by atoms with Crippen molar-refractivity contribution < 1.29 is 4.74 Å². The molecule has 0 aliphatic carbocycles. The summed E-state index contributed by atoms with van der Waals surface area (Å²) in [5.74, 6) is 2.01. The van der Waals surface area contributed by atoms with E-state index in [1.807, 2.05) is 31.7 Å². The van der Waals surface area contributed by atoms with Crippen LogP contribution in [0.1, 0.15) is 42.6 Å². The lowest BCUT2D eigenvalue weighted by Gasteiger charge is -2.30. The molecule has 1 N–H and O–H groups in total. The van der Waals surface area contributed by atoms with Gasteiger partial charge in [-0.15, -0.1) is 0 Å². The number of aryl methyl sites for hydroxylation is 1. The van der Waals surface area contributed by atoms with Crippen LogP contribution in [0.3, 0.4) is 0 Å². The third-order valence-corrected chi connectivity index (χ3v) is 5.45. The molecule has 136 valence electrons. The minimum absolute atomic E-state index is 0.237. The second-order valence-corrected chi connectivity index (χ2v) is 6.89. The van der Waals surface area contributed by atoms with Crippen LogP contribution in [0.4, 0.5) is 0 Å². The Bertz CT molecular complexity index is 839. The number of hydrogen-bond donors (Lipinski definition) is 1. The number of nitrogens with one attached hydrogen (secondary N) is 1. The second kappa shape index (κ2) is 7.05. The molecule has 1 aromatic carbocycles. The first kappa shape index (κ1) is 17.0. The molecular formula is C20H25N5O. The van der Waals surface area contributed by atoms with E-state index in [9.17, 15) is 0 Å². The number of H-pyrrole nitrogens is 1. The van der Waals surface area contributed by atoms with Gasteiger partial charge in [-0.1, -0.05) is 12.1 Å². The van der Waals surface area contributed by atoms with Gasteiger partial charge in [0.05, 0.1) is 12.1 Å². The van der Waals surface area contributed by atoms with Crippen LogP contribution in [0.5, 0.6) is 0 Å². The van der Waals surface area contributed by atoms with Crippen molar-refractivity contribution in [3.05, 3.63) is 66.3 Å². The van der Waals surface area contributed by atoms with Gasteiger partial charge in [0.1, 0.15) is 11.6 Å². The van der Waals surface area contributed by atoms with E-state index in [1.54, 1.807) is 7.11 Å². The number of imidazole rings is 2. The Kier molecular flexibility index (Phi) is 4.61. The fourth-order valence-electron chi connectivity index (χ4n) is 3.90. The van der Waals surface area contributed by atoms with Gasteiger partial charge in [0, 0.05) is 50.2 Å². The molecule has 1 saturated heterocycles. The van der Waals surface area contributed by atoms with Gasteiger partial charge in [-0.2, -0.15) is 0 Å². The Labute approximate surface area is 153 Å². The maximum absolute atomic E-state index is 5.64. The van der Waals surface area contributed by atoms with Crippen molar-refractivity contribution >= 4 is 0 Å². The quantitative estimate of drug-likeness (QED) is 0.765.